The Labute approximate surface area is 118 Å². The van der Waals surface area contributed by atoms with Crippen LogP contribution in [0.2, 0.25) is 0 Å². The first-order valence-electron chi connectivity index (χ1n) is 6.29. The molecule has 0 radical (unpaired) electrons. The summed E-state index contributed by atoms with van der Waals surface area (Å²) in [7, 11) is -4.06. The van der Waals surface area contributed by atoms with Gasteiger partial charge in [-0.25, -0.2) is 8.42 Å². The topological polar surface area (TPSA) is 37.4 Å². The van der Waals surface area contributed by atoms with Crippen LogP contribution in [0.15, 0.2) is 59.5 Å². The third-order valence-corrected chi connectivity index (χ3v) is 4.57. The molecule has 0 spiro atoms. The number of aryl methyl sites for hydroxylation is 1. The number of benzene rings is 2. The van der Waals surface area contributed by atoms with E-state index in [9.17, 15) is 12.9 Å². The summed E-state index contributed by atoms with van der Waals surface area (Å²) in [6.45, 7) is 1.65. The van der Waals surface area contributed by atoms with Crippen LogP contribution in [-0.2, 0) is 16.4 Å². The summed E-state index contributed by atoms with van der Waals surface area (Å²) in [6, 6.07) is 15.4. The van der Waals surface area contributed by atoms with E-state index in [4.69, 9.17) is 0 Å². The molecule has 0 N–H and O–H groups in total. The highest BCUT2D eigenvalue weighted by atomic mass is 32.2. The molecule has 0 aliphatic carbocycles. The van der Waals surface area contributed by atoms with Crippen LogP contribution in [0.5, 0.6) is 0 Å². The molecule has 0 amide bonds. The molecule has 0 heterocycles. The van der Waals surface area contributed by atoms with Crippen molar-refractivity contribution < 1.29 is 12.9 Å². The minimum Gasteiger partial charge on any atom is -0.205 e. The van der Waals surface area contributed by atoms with Gasteiger partial charge < -0.3 is 0 Å². The number of halogens is 1. The first-order valence-corrected chi connectivity index (χ1v) is 7.73. The maximum atomic E-state index is 13.9. The van der Waals surface area contributed by atoms with Crippen LogP contribution in [-0.4, -0.2) is 19.5 Å². The Kier molecular flexibility index (Phi) is 4.52. The first-order chi connectivity index (χ1) is 9.50. The number of rotatable bonds is 5. The molecule has 0 atom stereocenters. The summed E-state index contributed by atoms with van der Waals surface area (Å²) in [6.07, 6.45) is 0.336. The minimum absolute atomic E-state index is 0.0290. The molecule has 20 heavy (non-hydrogen) atoms. The van der Waals surface area contributed by atoms with E-state index in [2.05, 4.69) is 0 Å². The second kappa shape index (κ2) is 6.15. The normalized spacial score (nSPS) is 11.8. The fourth-order valence-corrected chi connectivity index (χ4v) is 2.85. The van der Waals surface area contributed by atoms with Crippen molar-refractivity contribution >= 4 is 10.0 Å². The lowest BCUT2D eigenvalue weighted by atomic mass is 10.2. The van der Waals surface area contributed by atoms with Crippen molar-refractivity contribution in [3.05, 3.63) is 65.7 Å². The maximum absolute atomic E-state index is 13.9. The molecule has 2 aromatic rings. The number of sulfonamides is 1. The van der Waals surface area contributed by atoms with Gasteiger partial charge in [0.05, 0.1) is 11.4 Å². The molecule has 0 bridgehead atoms. The molecule has 2 aromatic carbocycles. The standard InChI is InChI=1S/C15H16FNO2S/c1-13-7-9-15(10-8-13)20(18,19)17(16)12-11-14-5-3-2-4-6-14/h2-10H,11-12H2,1H3. The minimum atomic E-state index is -4.06. The first kappa shape index (κ1) is 14.7. The van der Waals surface area contributed by atoms with E-state index in [-0.39, 0.29) is 16.0 Å². The largest absolute Gasteiger partial charge is 0.269 e. The van der Waals surface area contributed by atoms with Crippen molar-refractivity contribution in [2.45, 2.75) is 18.2 Å². The van der Waals surface area contributed by atoms with Gasteiger partial charge >= 0.3 is 0 Å². The van der Waals surface area contributed by atoms with E-state index < -0.39 is 10.0 Å². The lowest BCUT2D eigenvalue weighted by molar-refractivity contribution is 0.140. The van der Waals surface area contributed by atoms with Crippen LogP contribution in [0.4, 0.5) is 4.48 Å². The van der Waals surface area contributed by atoms with Crippen molar-refractivity contribution in [1.29, 1.82) is 0 Å². The molecule has 0 saturated heterocycles. The Hall–Kier alpha value is -1.72. The Morgan fingerprint density at radius 1 is 1.00 bits per heavy atom. The van der Waals surface area contributed by atoms with E-state index in [1.54, 1.807) is 12.1 Å². The number of hydrogen-bond acceptors (Lipinski definition) is 2. The van der Waals surface area contributed by atoms with Gasteiger partial charge in [-0.3, -0.25) is 0 Å². The number of hydrogen-bond donors (Lipinski definition) is 0. The van der Waals surface area contributed by atoms with Crippen molar-refractivity contribution in [3.8, 4) is 0 Å². The van der Waals surface area contributed by atoms with E-state index >= 15 is 0 Å². The lowest BCUT2D eigenvalue weighted by Crippen LogP contribution is -2.25. The Morgan fingerprint density at radius 3 is 2.20 bits per heavy atom. The molecule has 0 fully saturated rings. The summed E-state index contributed by atoms with van der Waals surface area (Å²) in [5.74, 6) is 0. The summed E-state index contributed by atoms with van der Waals surface area (Å²) in [5, 5.41) is 0. The van der Waals surface area contributed by atoms with Crippen LogP contribution in [0.25, 0.3) is 0 Å². The summed E-state index contributed by atoms with van der Waals surface area (Å²) in [4.78, 5) is -0.0290. The molecule has 0 saturated carbocycles. The van der Waals surface area contributed by atoms with Gasteiger partial charge in [-0.1, -0.05) is 48.0 Å². The van der Waals surface area contributed by atoms with E-state index in [1.807, 2.05) is 37.3 Å². The van der Waals surface area contributed by atoms with Gasteiger partial charge in [-0.2, -0.15) is 0 Å². The van der Waals surface area contributed by atoms with Gasteiger partial charge in [-0.05, 0) is 35.6 Å². The van der Waals surface area contributed by atoms with Crippen LogP contribution in [0, 0.1) is 6.92 Å². The molecule has 0 unspecified atom stereocenters. The average Bonchev–Trinajstić information content (AvgIpc) is 2.46. The predicted octanol–water partition coefficient (Wildman–Crippen LogP) is 3.11. The second-order valence-electron chi connectivity index (χ2n) is 4.56. The SMILES string of the molecule is Cc1ccc(S(=O)(=O)N(F)CCc2ccccc2)cc1. The summed E-state index contributed by atoms with van der Waals surface area (Å²) >= 11 is 0. The second-order valence-corrected chi connectivity index (χ2v) is 6.38. The quantitative estimate of drug-likeness (QED) is 0.794. The molecule has 2 rings (SSSR count). The van der Waals surface area contributed by atoms with Crippen molar-refractivity contribution in [2.75, 3.05) is 6.54 Å². The van der Waals surface area contributed by atoms with Crippen LogP contribution in [0.3, 0.4) is 0 Å². The van der Waals surface area contributed by atoms with Gasteiger partial charge in [0.15, 0.2) is 0 Å². The highest BCUT2D eigenvalue weighted by molar-refractivity contribution is 7.89. The number of nitrogens with zero attached hydrogens (tertiary/aromatic N) is 1. The molecular formula is C15H16FNO2S. The fourth-order valence-electron chi connectivity index (χ4n) is 1.81. The van der Waals surface area contributed by atoms with Gasteiger partial charge in [-0.15, -0.1) is 4.48 Å². The van der Waals surface area contributed by atoms with Gasteiger partial charge in [0.25, 0.3) is 10.0 Å². The zero-order chi connectivity index (χ0) is 14.6. The summed E-state index contributed by atoms with van der Waals surface area (Å²) in [5.41, 5.74) is 1.83. The Bertz CT molecular complexity index is 654. The molecule has 3 nitrogen and oxygen atoms in total. The van der Waals surface area contributed by atoms with Crippen LogP contribution >= 0.6 is 0 Å². The maximum Gasteiger partial charge on any atom is 0.269 e. The highest BCUT2D eigenvalue weighted by Gasteiger charge is 2.23. The molecule has 5 heteroatoms. The molecular weight excluding hydrogens is 277 g/mol. The predicted molar refractivity (Wildman–Crippen MR) is 76.3 cm³/mol. The van der Waals surface area contributed by atoms with E-state index in [0.717, 1.165) is 11.1 Å². The average molecular weight is 293 g/mol. The molecule has 0 aliphatic heterocycles. The van der Waals surface area contributed by atoms with Crippen molar-refractivity contribution in [2.24, 2.45) is 0 Å². The van der Waals surface area contributed by atoms with Crippen molar-refractivity contribution in [1.82, 2.24) is 4.53 Å². The highest BCUT2D eigenvalue weighted by Crippen LogP contribution is 2.17. The molecule has 0 aliphatic rings. The fraction of sp³-hybridized carbons (Fsp3) is 0.200. The lowest BCUT2D eigenvalue weighted by Gasteiger charge is -2.12. The molecule has 0 aromatic heterocycles. The smallest absolute Gasteiger partial charge is 0.205 e. The van der Waals surface area contributed by atoms with Crippen molar-refractivity contribution in [3.63, 3.8) is 0 Å². The summed E-state index contributed by atoms with van der Waals surface area (Å²) < 4.78 is 37.8. The third kappa shape index (κ3) is 3.43. The zero-order valence-electron chi connectivity index (χ0n) is 11.2. The monoisotopic (exact) mass is 293 g/mol. The van der Waals surface area contributed by atoms with E-state index in [1.165, 1.54) is 12.1 Å². The van der Waals surface area contributed by atoms with Gasteiger partial charge in [0.1, 0.15) is 0 Å². The Morgan fingerprint density at radius 2 is 1.60 bits per heavy atom. The molecule has 106 valence electrons. The Balaban J connectivity index is 2.08. The van der Waals surface area contributed by atoms with Gasteiger partial charge in [0, 0.05) is 0 Å². The third-order valence-electron chi connectivity index (χ3n) is 3.00. The van der Waals surface area contributed by atoms with Gasteiger partial charge in [0.2, 0.25) is 0 Å². The zero-order valence-corrected chi connectivity index (χ0v) is 12.0. The van der Waals surface area contributed by atoms with E-state index in [0.29, 0.717) is 6.42 Å². The van der Waals surface area contributed by atoms with Crippen LogP contribution < -0.4 is 0 Å². The van der Waals surface area contributed by atoms with Crippen LogP contribution in [0.1, 0.15) is 11.1 Å².